The molecule has 0 bridgehead atoms. The van der Waals surface area contributed by atoms with E-state index in [0.717, 1.165) is 18.0 Å². The van der Waals surface area contributed by atoms with Crippen LogP contribution in [0.2, 0.25) is 5.02 Å². The third-order valence-electron chi connectivity index (χ3n) is 3.45. The lowest BCUT2D eigenvalue weighted by Gasteiger charge is -2.16. The lowest BCUT2D eigenvalue weighted by Crippen LogP contribution is -2.21. The van der Waals surface area contributed by atoms with Crippen LogP contribution in [0, 0.1) is 0 Å². The van der Waals surface area contributed by atoms with Crippen LogP contribution in [0.25, 0.3) is 0 Å². The topological polar surface area (TPSA) is 24.9 Å². The minimum atomic E-state index is 0.166. The van der Waals surface area contributed by atoms with Gasteiger partial charge in [-0.1, -0.05) is 30.7 Å². The van der Waals surface area contributed by atoms with Gasteiger partial charge in [0.15, 0.2) is 0 Å². The van der Waals surface area contributed by atoms with E-state index < -0.39 is 0 Å². The number of benzene rings is 1. The van der Waals surface area contributed by atoms with Crippen LogP contribution in [0.5, 0.6) is 0 Å². The SMILES string of the molecule is CCNC(c1cccc(Cl)c1)c1nc2c(s1)CCC2. The fourth-order valence-corrected chi connectivity index (χ4v) is 4.03. The summed E-state index contributed by atoms with van der Waals surface area (Å²) in [5.74, 6) is 0. The summed E-state index contributed by atoms with van der Waals surface area (Å²) in [4.78, 5) is 6.30. The van der Waals surface area contributed by atoms with Gasteiger partial charge in [0.05, 0.1) is 11.7 Å². The van der Waals surface area contributed by atoms with Crippen molar-refractivity contribution in [2.24, 2.45) is 0 Å². The second-order valence-corrected chi connectivity index (χ2v) is 6.37. The van der Waals surface area contributed by atoms with Gasteiger partial charge in [0.1, 0.15) is 5.01 Å². The number of nitrogens with one attached hydrogen (secondary N) is 1. The molecular weight excluding hydrogens is 276 g/mol. The van der Waals surface area contributed by atoms with Crippen LogP contribution in [-0.4, -0.2) is 11.5 Å². The van der Waals surface area contributed by atoms with Crippen molar-refractivity contribution in [1.29, 1.82) is 0 Å². The van der Waals surface area contributed by atoms with E-state index >= 15 is 0 Å². The molecule has 1 N–H and O–H groups in total. The molecule has 2 nitrogen and oxygen atoms in total. The molecule has 1 aliphatic carbocycles. The van der Waals surface area contributed by atoms with Gasteiger partial charge < -0.3 is 5.32 Å². The molecule has 1 heterocycles. The van der Waals surface area contributed by atoms with Gasteiger partial charge in [-0.2, -0.15) is 0 Å². The number of hydrogen-bond acceptors (Lipinski definition) is 3. The van der Waals surface area contributed by atoms with Gasteiger partial charge in [-0.05, 0) is 43.5 Å². The molecule has 1 atom stereocenters. The first kappa shape index (κ1) is 13.1. The Morgan fingerprint density at radius 1 is 1.42 bits per heavy atom. The smallest absolute Gasteiger partial charge is 0.115 e. The lowest BCUT2D eigenvalue weighted by molar-refractivity contribution is 0.625. The molecule has 1 aromatic carbocycles. The highest BCUT2D eigenvalue weighted by molar-refractivity contribution is 7.11. The van der Waals surface area contributed by atoms with Gasteiger partial charge in [0.25, 0.3) is 0 Å². The molecule has 1 aromatic heterocycles. The monoisotopic (exact) mass is 292 g/mol. The average molecular weight is 293 g/mol. The highest BCUT2D eigenvalue weighted by Crippen LogP contribution is 2.33. The Hall–Kier alpha value is -0.900. The summed E-state index contributed by atoms with van der Waals surface area (Å²) in [6.07, 6.45) is 3.60. The van der Waals surface area contributed by atoms with E-state index in [9.17, 15) is 0 Å². The van der Waals surface area contributed by atoms with E-state index in [1.54, 1.807) is 0 Å². The third kappa shape index (κ3) is 2.69. The predicted octanol–water partition coefficient (Wildman–Crippen LogP) is 3.98. The van der Waals surface area contributed by atoms with Crippen LogP contribution in [0.1, 0.15) is 40.5 Å². The zero-order valence-electron chi connectivity index (χ0n) is 10.9. The molecule has 2 aromatic rings. The Bertz CT molecular complexity index is 558. The van der Waals surface area contributed by atoms with Gasteiger partial charge in [0, 0.05) is 9.90 Å². The van der Waals surface area contributed by atoms with E-state index in [0.29, 0.717) is 0 Å². The van der Waals surface area contributed by atoms with Crippen LogP contribution >= 0.6 is 22.9 Å². The number of nitrogens with zero attached hydrogens (tertiary/aromatic N) is 1. The zero-order valence-corrected chi connectivity index (χ0v) is 12.5. The second-order valence-electron chi connectivity index (χ2n) is 4.82. The van der Waals surface area contributed by atoms with Crippen LogP contribution in [0.4, 0.5) is 0 Å². The molecule has 0 fully saturated rings. The Morgan fingerprint density at radius 2 is 2.32 bits per heavy atom. The van der Waals surface area contributed by atoms with Crippen molar-refractivity contribution < 1.29 is 0 Å². The molecule has 0 spiro atoms. The number of halogens is 1. The summed E-state index contributed by atoms with van der Waals surface area (Å²) in [5.41, 5.74) is 2.51. The number of aryl methyl sites for hydroxylation is 2. The van der Waals surface area contributed by atoms with Gasteiger partial charge >= 0.3 is 0 Å². The molecule has 0 amide bonds. The third-order valence-corrected chi connectivity index (χ3v) is 4.91. The molecule has 4 heteroatoms. The Balaban J connectivity index is 1.95. The number of hydrogen-bond donors (Lipinski definition) is 1. The molecule has 19 heavy (non-hydrogen) atoms. The van der Waals surface area contributed by atoms with E-state index in [1.165, 1.54) is 34.0 Å². The lowest BCUT2D eigenvalue weighted by atomic mass is 10.1. The highest BCUT2D eigenvalue weighted by Gasteiger charge is 2.22. The van der Waals surface area contributed by atoms with Gasteiger partial charge in [-0.3, -0.25) is 0 Å². The molecule has 0 saturated carbocycles. The molecule has 3 rings (SSSR count). The summed E-state index contributed by atoms with van der Waals surface area (Å²) in [5, 5.41) is 5.48. The molecule has 0 radical (unpaired) electrons. The van der Waals surface area contributed by atoms with Gasteiger partial charge in [-0.25, -0.2) is 4.98 Å². The molecule has 1 aliphatic rings. The van der Waals surface area contributed by atoms with Crippen molar-refractivity contribution in [3.05, 3.63) is 50.4 Å². The quantitative estimate of drug-likeness (QED) is 0.922. The maximum absolute atomic E-state index is 6.11. The fraction of sp³-hybridized carbons (Fsp3) is 0.400. The molecule has 0 saturated heterocycles. The molecular formula is C15H17ClN2S. The molecule has 1 unspecified atom stereocenters. The van der Waals surface area contributed by atoms with Crippen molar-refractivity contribution in [3.63, 3.8) is 0 Å². The minimum absolute atomic E-state index is 0.166. The summed E-state index contributed by atoms with van der Waals surface area (Å²) < 4.78 is 0. The maximum atomic E-state index is 6.11. The van der Waals surface area contributed by atoms with E-state index in [4.69, 9.17) is 16.6 Å². The normalized spacial score (nSPS) is 15.5. The molecule has 0 aliphatic heterocycles. The van der Waals surface area contributed by atoms with Gasteiger partial charge in [0.2, 0.25) is 0 Å². The highest BCUT2D eigenvalue weighted by atomic mass is 35.5. The zero-order chi connectivity index (χ0) is 13.2. The first-order chi connectivity index (χ1) is 9.28. The van der Waals surface area contributed by atoms with Crippen molar-refractivity contribution in [2.45, 2.75) is 32.2 Å². The number of thiazole rings is 1. The first-order valence-corrected chi connectivity index (χ1v) is 7.94. The van der Waals surface area contributed by atoms with Crippen molar-refractivity contribution in [2.75, 3.05) is 6.54 Å². The van der Waals surface area contributed by atoms with Crippen LogP contribution in [-0.2, 0) is 12.8 Å². The standard InChI is InChI=1S/C15H17ClN2S/c1-2-17-14(10-5-3-6-11(16)9-10)15-18-12-7-4-8-13(12)19-15/h3,5-6,9,14,17H,2,4,7-8H2,1H3. The predicted molar refractivity (Wildman–Crippen MR) is 81.1 cm³/mol. The first-order valence-electron chi connectivity index (χ1n) is 6.75. The fourth-order valence-electron chi connectivity index (χ4n) is 2.57. The minimum Gasteiger partial charge on any atom is -0.305 e. The maximum Gasteiger partial charge on any atom is 0.115 e. The number of aromatic nitrogens is 1. The number of fused-ring (bicyclic) bond motifs is 1. The van der Waals surface area contributed by atoms with Crippen molar-refractivity contribution in [3.8, 4) is 0 Å². The Kier molecular flexibility index (Phi) is 3.87. The van der Waals surface area contributed by atoms with Crippen LogP contribution in [0.15, 0.2) is 24.3 Å². The largest absolute Gasteiger partial charge is 0.305 e. The van der Waals surface area contributed by atoms with Crippen molar-refractivity contribution >= 4 is 22.9 Å². The average Bonchev–Trinajstić information content (AvgIpc) is 2.96. The van der Waals surface area contributed by atoms with Gasteiger partial charge in [-0.15, -0.1) is 11.3 Å². The van der Waals surface area contributed by atoms with Crippen molar-refractivity contribution in [1.82, 2.24) is 10.3 Å². The van der Waals surface area contributed by atoms with E-state index in [-0.39, 0.29) is 6.04 Å². The van der Waals surface area contributed by atoms with E-state index in [1.807, 2.05) is 29.5 Å². The summed E-state index contributed by atoms with van der Waals surface area (Å²) in [7, 11) is 0. The Morgan fingerprint density at radius 3 is 3.05 bits per heavy atom. The summed E-state index contributed by atoms with van der Waals surface area (Å²) in [6.45, 7) is 3.04. The van der Waals surface area contributed by atoms with Crippen LogP contribution in [0.3, 0.4) is 0 Å². The number of rotatable bonds is 4. The molecule has 100 valence electrons. The summed E-state index contributed by atoms with van der Waals surface area (Å²) in [6, 6.07) is 8.23. The second kappa shape index (κ2) is 5.61. The van der Waals surface area contributed by atoms with E-state index in [2.05, 4.69) is 18.3 Å². The Labute approximate surface area is 122 Å². The summed E-state index contributed by atoms with van der Waals surface area (Å²) >= 11 is 7.96. The van der Waals surface area contributed by atoms with Crippen LogP contribution < -0.4 is 5.32 Å².